The lowest BCUT2D eigenvalue weighted by atomic mass is 9.88. The molecule has 4 aliphatic rings. The molecule has 3 saturated heterocycles. The predicted molar refractivity (Wildman–Crippen MR) is 223 cm³/mol. The molecule has 1 spiro atoms. The summed E-state index contributed by atoms with van der Waals surface area (Å²) in [5.74, 6) is 0.915. The first kappa shape index (κ1) is 41.9. The van der Waals surface area contributed by atoms with E-state index in [4.69, 9.17) is 23.7 Å². The molecule has 0 saturated carbocycles. The average molecular weight is 837 g/mol. The zero-order chi connectivity index (χ0) is 42.7. The number of carbonyl (C=O) groups is 4. The number of likely N-dealkylation sites (tertiary alicyclic amines) is 1. The number of carbonyl (C=O) groups excluding carboxylic acids is 4. The number of morpholine rings is 1. The zero-order valence-electron chi connectivity index (χ0n) is 34.9. The standard InChI is InChI=1S/C45H52N6O10/c1-48-25-36(33-8-13-46-23-35(33)43(48)55)30-20-39(57-2)37(40(21-30)58-3)26-49-15-11-45(12-16-49)27-50(17-19-61-45)14-9-31(60-28-52)10-18-59-32-5-4-29-24-51(44(56)34(29)22-32)38-6-7-41(53)47-42(38)54/h4-5,8,13,20-23,25,28,31,38H,6-7,9-12,14-19,24,26-27H2,1-3H3,(H,47,53,54). The molecule has 2 aromatic heterocycles. The summed E-state index contributed by atoms with van der Waals surface area (Å²) in [7, 11) is 5.07. The lowest BCUT2D eigenvalue weighted by Crippen LogP contribution is -2.57. The van der Waals surface area contributed by atoms with Crippen LogP contribution in [0.4, 0.5) is 0 Å². The summed E-state index contributed by atoms with van der Waals surface area (Å²) in [5, 5.41) is 3.69. The topological polar surface area (TPSA) is 171 Å². The predicted octanol–water partition coefficient (Wildman–Crippen LogP) is 3.45. The highest BCUT2D eigenvalue weighted by molar-refractivity contribution is 6.05. The van der Waals surface area contributed by atoms with Gasteiger partial charge in [0.15, 0.2) is 0 Å². The second-order valence-corrected chi connectivity index (χ2v) is 16.3. The molecular weight excluding hydrogens is 785 g/mol. The van der Waals surface area contributed by atoms with Crippen molar-refractivity contribution < 1.29 is 42.9 Å². The van der Waals surface area contributed by atoms with Gasteiger partial charge in [0.25, 0.3) is 17.9 Å². The Hall–Kier alpha value is -5.84. The van der Waals surface area contributed by atoms with E-state index in [0.717, 1.165) is 73.2 Å². The first-order chi connectivity index (χ1) is 29.6. The third kappa shape index (κ3) is 8.83. The quantitative estimate of drug-likeness (QED) is 0.137. The molecular formula is C45H52N6O10. The minimum atomic E-state index is -0.677. The molecule has 2 unspecified atom stereocenters. The molecule has 3 amide bonds. The number of fused-ring (bicyclic) bond motifs is 2. The van der Waals surface area contributed by atoms with Gasteiger partial charge in [-0.25, -0.2) is 0 Å². The third-order valence-corrected chi connectivity index (χ3v) is 12.6. The van der Waals surface area contributed by atoms with Crippen molar-refractivity contribution in [3.05, 3.63) is 82.0 Å². The van der Waals surface area contributed by atoms with Gasteiger partial charge in [0, 0.05) is 95.4 Å². The van der Waals surface area contributed by atoms with Crippen LogP contribution in [-0.2, 0) is 44.0 Å². The molecule has 0 bridgehead atoms. The number of hydrogen-bond acceptors (Lipinski definition) is 13. The normalized spacial score (nSPS) is 19.8. The van der Waals surface area contributed by atoms with Gasteiger partial charge >= 0.3 is 0 Å². The van der Waals surface area contributed by atoms with Crippen LogP contribution in [0.5, 0.6) is 17.2 Å². The smallest absolute Gasteiger partial charge is 0.293 e. The molecule has 2 atom stereocenters. The fourth-order valence-corrected chi connectivity index (χ4v) is 9.21. The second-order valence-electron chi connectivity index (χ2n) is 16.3. The van der Waals surface area contributed by atoms with E-state index in [-0.39, 0.29) is 42.1 Å². The summed E-state index contributed by atoms with van der Waals surface area (Å²) in [6, 6.07) is 10.5. The Kier molecular flexibility index (Phi) is 12.4. The molecule has 4 aromatic rings. The van der Waals surface area contributed by atoms with Crippen LogP contribution in [0, 0.1) is 0 Å². The Labute approximate surface area is 353 Å². The van der Waals surface area contributed by atoms with Crippen LogP contribution in [0.3, 0.4) is 0 Å². The maximum atomic E-state index is 13.2. The van der Waals surface area contributed by atoms with Crippen molar-refractivity contribution in [2.75, 3.05) is 60.2 Å². The number of ether oxygens (including phenoxy) is 5. The maximum Gasteiger partial charge on any atom is 0.293 e. The van der Waals surface area contributed by atoms with Gasteiger partial charge in [0.2, 0.25) is 11.8 Å². The highest BCUT2D eigenvalue weighted by Crippen LogP contribution is 2.39. The molecule has 16 nitrogen and oxygen atoms in total. The Morgan fingerprint density at radius 2 is 1.75 bits per heavy atom. The molecule has 322 valence electrons. The summed E-state index contributed by atoms with van der Waals surface area (Å²) in [5.41, 5.74) is 3.63. The first-order valence-corrected chi connectivity index (χ1v) is 20.9. The Morgan fingerprint density at radius 1 is 0.967 bits per heavy atom. The van der Waals surface area contributed by atoms with Gasteiger partial charge in [-0.15, -0.1) is 0 Å². The van der Waals surface area contributed by atoms with Crippen molar-refractivity contribution in [3.63, 3.8) is 0 Å². The molecule has 16 heteroatoms. The van der Waals surface area contributed by atoms with Crippen LogP contribution in [0.25, 0.3) is 21.9 Å². The van der Waals surface area contributed by atoms with Crippen molar-refractivity contribution >= 4 is 35.0 Å². The number of pyridine rings is 2. The lowest BCUT2D eigenvalue weighted by Gasteiger charge is -2.47. The molecule has 8 rings (SSSR count). The van der Waals surface area contributed by atoms with E-state index in [2.05, 4.69) is 20.1 Å². The van der Waals surface area contributed by atoms with Crippen LogP contribution >= 0.6 is 0 Å². The fourth-order valence-electron chi connectivity index (χ4n) is 9.21. The zero-order valence-corrected chi connectivity index (χ0v) is 34.9. The highest BCUT2D eigenvalue weighted by Gasteiger charge is 2.41. The summed E-state index contributed by atoms with van der Waals surface area (Å²) >= 11 is 0. The van der Waals surface area contributed by atoms with Crippen LogP contribution < -0.4 is 25.1 Å². The minimum Gasteiger partial charge on any atom is -0.496 e. The molecule has 3 fully saturated rings. The van der Waals surface area contributed by atoms with Gasteiger partial charge in [-0.05, 0) is 72.5 Å². The maximum absolute atomic E-state index is 13.2. The number of piperidine rings is 2. The summed E-state index contributed by atoms with van der Waals surface area (Å²) < 4.78 is 31.5. The highest BCUT2D eigenvalue weighted by atomic mass is 16.5. The molecule has 4 aliphatic heterocycles. The van der Waals surface area contributed by atoms with E-state index in [1.807, 2.05) is 30.5 Å². The third-order valence-electron chi connectivity index (χ3n) is 12.6. The van der Waals surface area contributed by atoms with Crippen molar-refractivity contribution in [2.45, 2.75) is 69.4 Å². The van der Waals surface area contributed by atoms with Crippen molar-refractivity contribution in [2.24, 2.45) is 7.05 Å². The van der Waals surface area contributed by atoms with Crippen LogP contribution in [0.15, 0.2) is 59.8 Å². The molecule has 2 aromatic carbocycles. The van der Waals surface area contributed by atoms with Gasteiger partial charge in [-0.2, -0.15) is 0 Å². The number of hydrogen-bond donors (Lipinski definition) is 1. The van der Waals surface area contributed by atoms with Crippen molar-refractivity contribution in [1.82, 2.24) is 29.6 Å². The summed E-state index contributed by atoms with van der Waals surface area (Å²) in [6.07, 6.45) is 8.12. The van der Waals surface area contributed by atoms with E-state index in [0.29, 0.717) is 73.6 Å². The largest absolute Gasteiger partial charge is 0.496 e. The van der Waals surface area contributed by atoms with Crippen molar-refractivity contribution in [1.29, 1.82) is 0 Å². The number of rotatable bonds is 15. The average Bonchev–Trinajstić information content (AvgIpc) is 3.59. The Bertz CT molecular complexity index is 2350. The van der Waals surface area contributed by atoms with E-state index in [9.17, 15) is 24.0 Å². The van der Waals surface area contributed by atoms with Gasteiger partial charge in [-0.3, -0.25) is 44.1 Å². The number of nitrogens with one attached hydrogen (secondary N) is 1. The van der Waals surface area contributed by atoms with Crippen LogP contribution in [-0.4, -0.2) is 126 Å². The number of nitrogens with zero attached hydrogens (tertiary/aromatic N) is 5. The van der Waals surface area contributed by atoms with Gasteiger partial charge in [0.1, 0.15) is 29.4 Å². The van der Waals surface area contributed by atoms with E-state index in [1.165, 1.54) is 4.90 Å². The van der Waals surface area contributed by atoms with Gasteiger partial charge in [0.05, 0.1) is 44.0 Å². The van der Waals surface area contributed by atoms with E-state index in [1.54, 1.807) is 50.4 Å². The molecule has 0 aliphatic carbocycles. The van der Waals surface area contributed by atoms with Crippen molar-refractivity contribution in [3.8, 4) is 28.4 Å². The Morgan fingerprint density at radius 3 is 2.49 bits per heavy atom. The number of aryl methyl sites for hydroxylation is 1. The first-order valence-electron chi connectivity index (χ1n) is 20.9. The number of amides is 3. The number of imide groups is 1. The second kappa shape index (κ2) is 18.0. The minimum absolute atomic E-state index is 0.106. The number of methoxy groups -OCH3 is 2. The fraction of sp³-hybridized carbons (Fsp3) is 0.467. The monoisotopic (exact) mass is 836 g/mol. The van der Waals surface area contributed by atoms with Crippen LogP contribution in [0.1, 0.15) is 60.0 Å². The Balaban J connectivity index is 0.835. The van der Waals surface area contributed by atoms with Crippen LogP contribution in [0.2, 0.25) is 0 Å². The molecule has 1 N–H and O–H groups in total. The number of benzene rings is 2. The van der Waals surface area contributed by atoms with Gasteiger partial charge < -0.3 is 33.2 Å². The lowest BCUT2D eigenvalue weighted by molar-refractivity contribution is -0.141. The number of aromatic nitrogens is 2. The van der Waals surface area contributed by atoms with E-state index < -0.39 is 11.9 Å². The summed E-state index contributed by atoms with van der Waals surface area (Å²) in [6.45, 7) is 6.31. The summed E-state index contributed by atoms with van der Waals surface area (Å²) in [4.78, 5) is 72.0. The SMILES string of the molecule is COc1cc(-c2cn(C)c(=O)c3cnccc23)cc(OC)c1CN1CCC2(CC1)CN(CCC(CCOc1ccc3c(c1)C(=O)N(C1CCC(=O)NC1=O)C3)OC=O)CCO2. The van der Waals surface area contributed by atoms with Gasteiger partial charge in [-0.1, -0.05) is 6.07 Å². The molecule has 61 heavy (non-hydrogen) atoms. The molecule has 0 radical (unpaired) electrons. The molecule has 6 heterocycles. The van der Waals surface area contributed by atoms with E-state index >= 15 is 0 Å².